The van der Waals surface area contributed by atoms with Gasteiger partial charge in [0.15, 0.2) is 5.78 Å². The molecule has 6 heteroatoms. The van der Waals surface area contributed by atoms with Crippen molar-refractivity contribution in [3.63, 3.8) is 0 Å². The predicted octanol–water partition coefficient (Wildman–Crippen LogP) is 3.78. The second kappa shape index (κ2) is 10.6. The summed E-state index contributed by atoms with van der Waals surface area (Å²) in [5.41, 5.74) is 3.02. The van der Waals surface area contributed by atoms with Crippen LogP contribution in [0.3, 0.4) is 0 Å². The van der Waals surface area contributed by atoms with Gasteiger partial charge in [-0.2, -0.15) is 0 Å². The molecule has 1 fully saturated rings. The second-order valence-corrected chi connectivity index (χ2v) is 9.95. The van der Waals surface area contributed by atoms with Gasteiger partial charge in [-0.1, -0.05) is 57.2 Å². The molecule has 0 saturated carbocycles. The number of methoxy groups -OCH3 is 1. The molecule has 1 aliphatic heterocycles. The molecule has 33 heavy (non-hydrogen) atoms. The van der Waals surface area contributed by atoms with Crippen LogP contribution in [0.2, 0.25) is 0 Å². The molecule has 2 N–H and O–H groups in total. The predicted molar refractivity (Wildman–Crippen MR) is 128 cm³/mol. The number of ether oxygens (including phenoxy) is 1. The Morgan fingerprint density at radius 3 is 2.27 bits per heavy atom. The van der Waals surface area contributed by atoms with Crippen LogP contribution in [0.1, 0.15) is 56.3 Å². The standard InChI is InChI=1S/C27H34N2O4/c1-27(2,3)17-19-7-5-18(6-8-19)15-23(30)25(20-9-11-22(33-4)12-10-20)29-26(32)21-13-14-28-24(31)16-21/h5-12,21,25H,13-17H2,1-4H3,(H,28,31)(H,29,32). The monoisotopic (exact) mass is 450 g/mol. The fourth-order valence-corrected chi connectivity index (χ4v) is 4.10. The van der Waals surface area contributed by atoms with E-state index in [2.05, 4.69) is 43.5 Å². The Kier molecular flexibility index (Phi) is 7.90. The normalized spacial score (nSPS) is 17.1. The molecule has 3 rings (SSSR count). The summed E-state index contributed by atoms with van der Waals surface area (Å²) in [7, 11) is 1.58. The van der Waals surface area contributed by atoms with Gasteiger partial charge in [0.05, 0.1) is 7.11 Å². The zero-order valence-electron chi connectivity index (χ0n) is 19.9. The summed E-state index contributed by atoms with van der Waals surface area (Å²) in [4.78, 5) is 38.0. The zero-order chi connectivity index (χ0) is 24.0. The largest absolute Gasteiger partial charge is 0.497 e. The Morgan fingerprint density at radius 2 is 1.70 bits per heavy atom. The van der Waals surface area contributed by atoms with Crippen LogP contribution in [0.25, 0.3) is 0 Å². The Morgan fingerprint density at radius 1 is 1.06 bits per heavy atom. The van der Waals surface area contributed by atoms with Gasteiger partial charge in [-0.25, -0.2) is 0 Å². The molecule has 1 saturated heterocycles. The van der Waals surface area contributed by atoms with Crippen molar-refractivity contribution >= 4 is 17.6 Å². The minimum atomic E-state index is -0.789. The first-order valence-corrected chi connectivity index (χ1v) is 11.5. The van der Waals surface area contributed by atoms with E-state index in [1.54, 1.807) is 31.4 Å². The van der Waals surface area contributed by atoms with E-state index in [4.69, 9.17) is 4.74 Å². The lowest BCUT2D eigenvalue weighted by molar-refractivity contribution is -0.134. The number of piperidine rings is 1. The minimum Gasteiger partial charge on any atom is -0.497 e. The van der Waals surface area contributed by atoms with Crippen molar-refractivity contribution in [1.82, 2.24) is 10.6 Å². The van der Waals surface area contributed by atoms with Crippen LogP contribution in [0.4, 0.5) is 0 Å². The first-order chi connectivity index (χ1) is 15.6. The van der Waals surface area contributed by atoms with Crippen LogP contribution in [0.5, 0.6) is 5.75 Å². The summed E-state index contributed by atoms with van der Waals surface area (Å²) in [5, 5.41) is 5.65. The number of benzene rings is 2. The maximum atomic E-state index is 13.3. The maximum Gasteiger partial charge on any atom is 0.224 e. The van der Waals surface area contributed by atoms with E-state index in [0.717, 1.165) is 12.0 Å². The van der Waals surface area contributed by atoms with Crippen molar-refractivity contribution in [3.8, 4) is 5.75 Å². The average Bonchev–Trinajstić information content (AvgIpc) is 2.77. The van der Waals surface area contributed by atoms with Crippen LogP contribution in [0, 0.1) is 11.3 Å². The highest BCUT2D eigenvalue weighted by Gasteiger charge is 2.30. The molecule has 2 aromatic rings. The van der Waals surface area contributed by atoms with Gasteiger partial charge in [0, 0.05) is 25.3 Å². The quantitative estimate of drug-likeness (QED) is 0.641. The van der Waals surface area contributed by atoms with Crippen molar-refractivity contribution in [1.29, 1.82) is 0 Å². The number of nitrogens with one attached hydrogen (secondary N) is 2. The Hall–Kier alpha value is -3.15. The third-order valence-corrected chi connectivity index (χ3v) is 5.81. The molecule has 6 nitrogen and oxygen atoms in total. The van der Waals surface area contributed by atoms with Crippen LogP contribution >= 0.6 is 0 Å². The number of amides is 2. The topological polar surface area (TPSA) is 84.5 Å². The van der Waals surface area contributed by atoms with Gasteiger partial charge in [-0.3, -0.25) is 14.4 Å². The molecule has 0 aromatic heterocycles. The van der Waals surface area contributed by atoms with Gasteiger partial charge in [0.1, 0.15) is 11.8 Å². The van der Waals surface area contributed by atoms with E-state index in [-0.39, 0.29) is 35.9 Å². The number of carbonyl (C=O) groups is 3. The van der Waals surface area contributed by atoms with E-state index in [0.29, 0.717) is 24.3 Å². The Bertz CT molecular complexity index is 975. The van der Waals surface area contributed by atoms with E-state index in [1.807, 2.05) is 12.1 Å². The third-order valence-electron chi connectivity index (χ3n) is 5.81. The highest BCUT2D eigenvalue weighted by atomic mass is 16.5. The number of rotatable bonds is 8. The lowest BCUT2D eigenvalue weighted by atomic mass is 9.87. The highest BCUT2D eigenvalue weighted by molar-refractivity contribution is 5.93. The molecule has 0 bridgehead atoms. The first kappa shape index (κ1) is 24.5. The molecule has 0 radical (unpaired) electrons. The van der Waals surface area contributed by atoms with E-state index < -0.39 is 12.0 Å². The molecular weight excluding hydrogens is 416 g/mol. The van der Waals surface area contributed by atoms with Gasteiger partial charge in [-0.15, -0.1) is 0 Å². The summed E-state index contributed by atoms with van der Waals surface area (Å²) in [6.45, 7) is 7.06. The van der Waals surface area contributed by atoms with Crippen molar-refractivity contribution in [2.45, 2.75) is 52.5 Å². The van der Waals surface area contributed by atoms with Crippen molar-refractivity contribution in [3.05, 3.63) is 65.2 Å². The Balaban J connectivity index is 1.76. The molecular formula is C27H34N2O4. The van der Waals surface area contributed by atoms with Crippen LogP contribution < -0.4 is 15.4 Å². The summed E-state index contributed by atoms with van der Waals surface area (Å²) in [5.74, 6) is -0.250. The number of Topliss-reactive ketones (excluding diaryl/α,β-unsaturated/α-hetero) is 1. The van der Waals surface area contributed by atoms with E-state index in [1.165, 1.54) is 5.56 Å². The number of hydrogen-bond acceptors (Lipinski definition) is 4. The van der Waals surface area contributed by atoms with Crippen LogP contribution in [-0.4, -0.2) is 31.3 Å². The van der Waals surface area contributed by atoms with Crippen molar-refractivity contribution in [2.75, 3.05) is 13.7 Å². The van der Waals surface area contributed by atoms with Crippen molar-refractivity contribution in [2.24, 2.45) is 11.3 Å². The second-order valence-electron chi connectivity index (χ2n) is 9.95. The van der Waals surface area contributed by atoms with Gasteiger partial charge in [0.25, 0.3) is 0 Å². The molecule has 2 atom stereocenters. The fraction of sp³-hybridized carbons (Fsp3) is 0.444. The smallest absolute Gasteiger partial charge is 0.224 e. The minimum absolute atomic E-state index is 0.0997. The molecule has 0 spiro atoms. The highest BCUT2D eigenvalue weighted by Crippen LogP contribution is 2.24. The van der Waals surface area contributed by atoms with Gasteiger partial charge in [0.2, 0.25) is 11.8 Å². The van der Waals surface area contributed by atoms with E-state index in [9.17, 15) is 14.4 Å². The van der Waals surface area contributed by atoms with E-state index >= 15 is 0 Å². The summed E-state index contributed by atoms with van der Waals surface area (Å²) in [6.07, 6.45) is 1.87. The number of hydrogen-bond donors (Lipinski definition) is 2. The molecule has 1 heterocycles. The van der Waals surface area contributed by atoms with Gasteiger partial charge < -0.3 is 15.4 Å². The third kappa shape index (κ3) is 7.17. The summed E-state index contributed by atoms with van der Waals surface area (Å²) < 4.78 is 5.22. The average molecular weight is 451 g/mol. The number of ketones is 1. The lowest BCUT2D eigenvalue weighted by Crippen LogP contribution is -2.43. The first-order valence-electron chi connectivity index (χ1n) is 11.5. The van der Waals surface area contributed by atoms with Crippen molar-refractivity contribution < 1.29 is 19.1 Å². The maximum absolute atomic E-state index is 13.3. The van der Waals surface area contributed by atoms with Gasteiger partial charge in [-0.05, 0) is 47.1 Å². The van der Waals surface area contributed by atoms with Gasteiger partial charge >= 0.3 is 0 Å². The molecule has 1 aliphatic rings. The van der Waals surface area contributed by atoms with Crippen LogP contribution in [-0.2, 0) is 27.2 Å². The molecule has 0 aliphatic carbocycles. The number of carbonyl (C=O) groups excluding carboxylic acids is 3. The lowest BCUT2D eigenvalue weighted by Gasteiger charge is -2.25. The summed E-state index contributed by atoms with van der Waals surface area (Å²) >= 11 is 0. The molecule has 176 valence electrons. The zero-order valence-corrected chi connectivity index (χ0v) is 19.9. The Labute approximate surface area is 196 Å². The molecule has 2 aromatic carbocycles. The summed E-state index contributed by atoms with van der Waals surface area (Å²) in [6, 6.07) is 14.4. The SMILES string of the molecule is COc1ccc(C(NC(=O)C2CCNC(=O)C2)C(=O)Cc2ccc(CC(C)(C)C)cc2)cc1. The van der Waals surface area contributed by atoms with Crippen LogP contribution in [0.15, 0.2) is 48.5 Å². The molecule has 2 amide bonds. The molecule has 2 unspecified atom stereocenters. The fourth-order valence-electron chi connectivity index (χ4n) is 4.10.